The third kappa shape index (κ3) is 2.89. The van der Waals surface area contributed by atoms with Crippen LogP contribution < -0.4 is 4.74 Å². The lowest BCUT2D eigenvalue weighted by Crippen LogP contribution is -2.27. The van der Waals surface area contributed by atoms with Crippen molar-refractivity contribution in [1.29, 1.82) is 0 Å². The largest absolute Gasteiger partial charge is 0.493 e. The SMILES string of the molecule is O=C(C1CCCCCCC1)C1CCOc2ccccc21. The van der Waals surface area contributed by atoms with Crippen molar-refractivity contribution >= 4 is 5.78 Å². The first-order valence-electron chi connectivity index (χ1n) is 8.12. The maximum absolute atomic E-state index is 12.9. The van der Waals surface area contributed by atoms with Crippen molar-refractivity contribution < 1.29 is 9.53 Å². The Labute approximate surface area is 121 Å². The predicted octanol–water partition coefficient (Wildman–Crippen LogP) is 4.48. The zero-order valence-corrected chi connectivity index (χ0v) is 12.1. The lowest BCUT2D eigenvalue weighted by atomic mass is 9.79. The molecule has 2 nitrogen and oxygen atoms in total. The monoisotopic (exact) mass is 272 g/mol. The number of fused-ring (bicyclic) bond motifs is 1. The fourth-order valence-corrected chi connectivity index (χ4v) is 3.66. The van der Waals surface area contributed by atoms with Crippen LogP contribution in [0.5, 0.6) is 5.75 Å². The summed E-state index contributed by atoms with van der Waals surface area (Å²) < 4.78 is 5.68. The first-order chi connectivity index (χ1) is 9.86. The highest BCUT2D eigenvalue weighted by Crippen LogP contribution is 2.37. The normalized spacial score (nSPS) is 24.1. The molecule has 1 aromatic carbocycles. The van der Waals surface area contributed by atoms with E-state index in [1.165, 1.54) is 32.1 Å². The molecule has 0 amide bonds. The van der Waals surface area contributed by atoms with Crippen LogP contribution in [0.4, 0.5) is 0 Å². The summed E-state index contributed by atoms with van der Waals surface area (Å²) in [6.45, 7) is 0.681. The number of rotatable bonds is 2. The van der Waals surface area contributed by atoms with Crippen LogP contribution in [0.2, 0.25) is 0 Å². The Kier molecular flexibility index (Phi) is 4.39. The number of carbonyl (C=O) groups is 1. The van der Waals surface area contributed by atoms with Crippen molar-refractivity contribution in [3.05, 3.63) is 29.8 Å². The molecule has 1 saturated carbocycles. The molecule has 0 aromatic heterocycles. The molecule has 1 atom stereocenters. The second kappa shape index (κ2) is 6.43. The van der Waals surface area contributed by atoms with Crippen molar-refractivity contribution in [3.63, 3.8) is 0 Å². The molecule has 1 heterocycles. The number of Topliss-reactive ketones (excluding diaryl/α,β-unsaturated/α-hetero) is 1. The van der Waals surface area contributed by atoms with E-state index in [2.05, 4.69) is 6.07 Å². The third-order valence-electron chi connectivity index (χ3n) is 4.81. The Morgan fingerprint density at radius 3 is 2.45 bits per heavy atom. The van der Waals surface area contributed by atoms with E-state index in [4.69, 9.17) is 4.74 Å². The van der Waals surface area contributed by atoms with Crippen molar-refractivity contribution in [1.82, 2.24) is 0 Å². The van der Waals surface area contributed by atoms with Crippen molar-refractivity contribution in [3.8, 4) is 5.75 Å². The number of hydrogen-bond donors (Lipinski definition) is 0. The van der Waals surface area contributed by atoms with Crippen LogP contribution in [0.15, 0.2) is 24.3 Å². The van der Waals surface area contributed by atoms with Gasteiger partial charge < -0.3 is 4.74 Å². The molecule has 1 aliphatic carbocycles. The molecule has 0 spiro atoms. The van der Waals surface area contributed by atoms with Gasteiger partial charge in [0.1, 0.15) is 11.5 Å². The molecule has 0 N–H and O–H groups in total. The summed E-state index contributed by atoms with van der Waals surface area (Å²) in [5.74, 6) is 1.75. The third-order valence-corrected chi connectivity index (χ3v) is 4.81. The van der Waals surface area contributed by atoms with Gasteiger partial charge in [-0.3, -0.25) is 4.79 Å². The molecule has 1 unspecified atom stereocenters. The molecule has 20 heavy (non-hydrogen) atoms. The van der Waals surface area contributed by atoms with Crippen LogP contribution in [0.3, 0.4) is 0 Å². The van der Waals surface area contributed by atoms with Gasteiger partial charge >= 0.3 is 0 Å². The lowest BCUT2D eigenvalue weighted by molar-refractivity contribution is -0.125. The van der Waals surface area contributed by atoms with E-state index in [9.17, 15) is 4.79 Å². The van der Waals surface area contributed by atoms with Crippen molar-refractivity contribution in [2.75, 3.05) is 6.61 Å². The van der Waals surface area contributed by atoms with E-state index in [0.717, 1.165) is 30.6 Å². The number of benzene rings is 1. The maximum Gasteiger partial charge on any atom is 0.143 e. The van der Waals surface area contributed by atoms with E-state index in [0.29, 0.717) is 12.4 Å². The first kappa shape index (κ1) is 13.7. The molecular formula is C18H24O2. The van der Waals surface area contributed by atoms with Gasteiger partial charge in [-0.15, -0.1) is 0 Å². The molecule has 2 heteroatoms. The summed E-state index contributed by atoms with van der Waals surface area (Å²) in [6, 6.07) is 8.07. The standard InChI is InChI=1S/C18H24O2/c19-18(14-8-4-2-1-3-5-9-14)16-12-13-20-17-11-7-6-10-15(16)17/h6-7,10-11,14,16H,1-5,8-9,12-13H2. The van der Waals surface area contributed by atoms with Crippen LogP contribution >= 0.6 is 0 Å². The van der Waals surface area contributed by atoms with Gasteiger partial charge in [0.15, 0.2) is 0 Å². The second-order valence-electron chi connectivity index (χ2n) is 6.17. The fraction of sp³-hybridized carbons (Fsp3) is 0.611. The first-order valence-corrected chi connectivity index (χ1v) is 8.12. The van der Waals surface area contributed by atoms with Gasteiger partial charge in [-0.25, -0.2) is 0 Å². The molecule has 1 fully saturated rings. The number of ketones is 1. The summed E-state index contributed by atoms with van der Waals surface area (Å²) in [7, 11) is 0. The van der Waals surface area contributed by atoms with E-state index >= 15 is 0 Å². The number of carbonyl (C=O) groups excluding carboxylic acids is 1. The molecular weight excluding hydrogens is 248 g/mol. The highest BCUT2D eigenvalue weighted by molar-refractivity contribution is 5.88. The molecule has 0 radical (unpaired) electrons. The molecule has 2 aliphatic rings. The topological polar surface area (TPSA) is 26.3 Å². The number of para-hydroxylation sites is 1. The lowest BCUT2D eigenvalue weighted by Gasteiger charge is -2.28. The molecule has 3 rings (SSSR count). The Bertz CT molecular complexity index is 458. The summed E-state index contributed by atoms with van der Waals surface area (Å²) in [5, 5.41) is 0. The van der Waals surface area contributed by atoms with Gasteiger partial charge in [-0.2, -0.15) is 0 Å². The Hall–Kier alpha value is -1.31. The molecule has 1 aromatic rings. The summed E-state index contributed by atoms with van der Waals surface area (Å²) in [5.41, 5.74) is 1.12. The van der Waals surface area contributed by atoms with Crippen molar-refractivity contribution in [2.45, 2.75) is 57.3 Å². The zero-order valence-electron chi connectivity index (χ0n) is 12.1. The van der Waals surface area contributed by atoms with E-state index in [-0.39, 0.29) is 11.8 Å². The quantitative estimate of drug-likeness (QED) is 0.793. The zero-order chi connectivity index (χ0) is 13.8. The second-order valence-corrected chi connectivity index (χ2v) is 6.17. The Morgan fingerprint density at radius 1 is 0.950 bits per heavy atom. The molecule has 108 valence electrons. The molecule has 1 aliphatic heterocycles. The smallest absolute Gasteiger partial charge is 0.143 e. The van der Waals surface area contributed by atoms with Gasteiger partial charge in [0, 0.05) is 17.4 Å². The summed E-state index contributed by atoms with van der Waals surface area (Å²) in [4.78, 5) is 12.9. The number of hydrogen-bond acceptors (Lipinski definition) is 2. The Morgan fingerprint density at radius 2 is 1.65 bits per heavy atom. The van der Waals surface area contributed by atoms with Crippen LogP contribution in [-0.2, 0) is 4.79 Å². The van der Waals surface area contributed by atoms with Crippen molar-refractivity contribution in [2.24, 2.45) is 5.92 Å². The van der Waals surface area contributed by atoms with E-state index < -0.39 is 0 Å². The average Bonchev–Trinajstić information content (AvgIpc) is 2.46. The van der Waals surface area contributed by atoms with E-state index in [1.807, 2.05) is 18.2 Å². The van der Waals surface area contributed by atoms with Crippen LogP contribution in [-0.4, -0.2) is 12.4 Å². The van der Waals surface area contributed by atoms with Gasteiger partial charge in [-0.05, 0) is 25.3 Å². The van der Waals surface area contributed by atoms with Gasteiger partial charge in [-0.1, -0.05) is 50.3 Å². The minimum Gasteiger partial charge on any atom is -0.493 e. The molecule has 0 bridgehead atoms. The highest BCUT2D eigenvalue weighted by atomic mass is 16.5. The minimum atomic E-state index is 0.0735. The Balaban J connectivity index is 1.76. The number of ether oxygens (including phenoxy) is 1. The van der Waals surface area contributed by atoms with Crippen LogP contribution in [0, 0.1) is 5.92 Å². The summed E-state index contributed by atoms with van der Waals surface area (Å²) in [6.07, 6.45) is 9.44. The molecule has 0 saturated heterocycles. The maximum atomic E-state index is 12.9. The van der Waals surface area contributed by atoms with Gasteiger partial charge in [0.2, 0.25) is 0 Å². The van der Waals surface area contributed by atoms with Gasteiger partial charge in [0.25, 0.3) is 0 Å². The highest BCUT2D eigenvalue weighted by Gasteiger charge is 2.32. The van der Waals surface area contributed by atoms with E-state index in [1.54, 1.807) is 0 Å². The van der Waals surface area contributed by atoms with Crippen LogP contribution in [0.25, 0.3) is 0 Å². The minimum absolute atomic E-state index is 0.0735. The predicted molar refractivity (Wildman–Crippen MR) is 80.1 cm³/mol. The fourth-order valence-electron chi connectivity index (χ4n) is 3.66. The van der Waals surface area contributed by atoms with Gasteiger partial charge in [0.05, 0.1) is 6.61 Å². The van der Waals surface area contributed by atoms with Crippen LogP contribution in [0.1, 0.15) is 62.8 Å². The average molecular weight is 272 g/mol. The summed E-state index contributed by atoms with van der Waals surface area (Å²) >= 11 is 0.